The fourth-order valence-corrected chi connectivity index (χ4v) is 14.9. The summed E-state index contributed by atoms with van der Waals surface area (Å²) in [4.78, 5) is 73.1. The van der Waals surface area contributed by atoms with Crippen LogP contribution < -0.4 is 0 Å². The first-order chi connectivity index (χ1) is 50.5. The molecule has 5 atom stereocenters. The summed E-state index contributed by atoms with van der Waals surface area (Å²) in [5.74, 6) is -1.30. The maximum atomic E-state index is 13.1. The molecule has 2 unspecified atom stereocenters. The lowest BCUT2D eigenvalue weighted by Crippen LogP contribution is -2.30. The molecular formula is C85H166O17P2. The van der Waals surface area contributed by atoms with Gasteiger partial charge >= 0.3 is 39.5 Å². The minimum absolute atomic E-state index is 0.109. The van der Waals surface area contributed by atoms with Crippen molar-refractivity contribution in [3.8, 4) is 0 Å². The average molecular weight is 1520 g/mol. The summed E-state index contributed by atoms with van der Waals surface area (Å²) < 4.78 is 68.8. The molecule has 0 saturated carbocycles. The Labute approximate surface area is 638 Å². The van der Waals surface area contributed by atoms with Gasteiger partial charge in [0.1, 0.15) is 19.3 Å². The number of carbonyl (C=O) groups is 4. The molecule has 0 spiro atoms. The highest BCUT2D eigenvalue weighted by molar-refractivity contribution is 7.47. The van der Waals surface area contributed by atoms with Crippen LogP contribution in [0.3, 0.4) is 0 Å². The summed E-state index contributed by atoms with van der Waals surface area (Å²) in [6.45, 7) is 7.37. The largest absolute Gasteiger partial charge is 0.472 e. The number of carbonyl (C=O) groups excluding carboxylic acids is 4. The summed E-state index contributed by atoms with van der Waals surface area (Å²) in [7, 11) is -9.92. The second kappa shape index (κ2) is 77.8. The van der Waals surface area contributed by atoms with Crippen molar-refractivity contribution in [1.29, 1.82) is 0 Å². The van der Waals surface area contributed by atoms with Crippen molar-refractivity contribution in [2.45, 2.75) is 477 Å². The maximum Gasteiger partial charge on any atom is 0.472 e. The highest BCUT2D eigenvalue weighted by atomic mass is 31.2. The van der Waals surface area contributed by atoms with E-state index in [4.69, 9.17) is 37.0 Å². The molecular weight excluding hydrogens is 1350 g/mol. The van der Waals surface area contributed by atoms with Crippen LogP contribution in [0.1, 0.15) is 458 Å². The third kappa shape index (κ3) is 78.2. The van der Waals surface area contributed by atoms with Gasteiger partial charge in [0.15, 0.2) is 12.2 Å². The first-order valence-electron chi connectivity index (χ1n) is 44.1. The molecule has 0 aromatic heterocycles. The summed E-state index contributed by atoms with van der Waals surface area (Å²) in [5.41, 5.74) is 0. The van der Waals surface area contributed by atoms with Gasteiger partial charge in [-0.2, -0.15) is 0 Å². The van der Waals surface area contributed by atoms with Crippen LogP contribution in [-0.4, -0.2) is 96.7 Å². The van der Waals surface area contributed by atoms with Crippen LogP contribution in [0.2, 0.25) is 0 Å². The number of ether oxygens (including phenoxy) is 4. The highest BCUT2D eigenvalue weighted by Gasteiger charge is 2.30. The van der Waals surface area contributed by atoms with E-state index in [0.717, 1.165) is 95.8 Å². The van der Waals surface area contributed by atoms with Crippen molar-refractivity contribution in [2.24, 2.45) is 5.92 Å². The van der Waals surface area contributed by atoms with E-state index < -0.39 is 97.5 Å². The normalized spacial score (nSPS) is 13.8. The standard InChI is InChI=1S/C85H166O17P2/c1-6-9-12-15-18-21-24-26-28-29-30-31-32-33-34-36-42-46-51-56-61-66-71-85(90)102-81(75-96-83(88)69-64-59-54-49-44-40-38-37-39-43-47-52-57-62-67-78(4)5)77-100-104(93,94)98-73-79(86)72-97-103(91,92)99-76-80(74-95-82(87)68-63-58-53-48-23-20-17-14-11-8-3)101-84(89)70-65-60-55-50-45-41-35-27-25-22-19-16-13-10-7-2/h78-81,86H,6-77H2,1-5H3,(H,91,92)(H,93,94)/t79-,80+,81+/m0/s1. The molecule has 0 aromatic carbocycles. The molecule has 0 rings (SSSR count). The van der Waals surface area contributed by atoms with Gasteiger partial charge in [-0.3, -0.25) is 37.3 Å². The monoisotopic (exact) mass is 1520 g/mol. The number of hydrogen-bond donors (Lipinski definition) is 3. The second-order valence-corrected chi connectivity index (χ2v) is 34.0. The van der Waals surface area contributed by atoms with E-state index in [-0.39, 0.29) is 25.7 Å². The average Bonchev–Trinajstić information content (AvgIpc) is 0.936. The van der Waals surface area contributed by atoms with Gasteiger partial charge in [0, 0.05) is 25.7 Å². The molecule has 0 bridgehead atoms. The molecule has 0 radical (unpaired) electrons. The Morgan fingerprint density at radius 1 is 0.260 bits per heavy atom. The lowest BCUT2D eigenvalue weighted by molar-refractivity contribution is -0.161. The van der Waals surface area contributed by atoms with Crippen LogP contribution in [-0.2, 0) is 65.4 Å². The van der Waals surface area contributed by atoms with E-state index in [1.807, 2.05) is 0 Å². The highest BCUT2D eigenvalue weighted by Crippen LogP contribution is 2.45. The first-order valence-corrected chi connectivity index (χ1v) is 47.1. The van der Waals surface area contributed by atoms with Crippen molar-refractivity contribution >= 4 is 39.5 Å². The van der Waals surface area contributed by atoms with E-state index in [1.165, 1.54) is 283 Å². The molecule has 0 aliphatic carbocycles. The Morgan fingerprint density at radius 2 is 0.442 bits per heavy atom. The third-order valence-electron chi connectivity index (χ3n) is 20.0. The fourth-order valence-electron chi connectivity index (χ4n) is 13.3. The predicted octanol–water partition coefficient (Wildman–Crippen LogP) is 26.0. The molecule has 104 heavy (non-hydrogen) atoms. The Bertz CT molecular complexity index is 1980. The molecule has 0 aliphatic heterocycles. The number of esters is 4. The van der Waals surface area contributed by atoms with Crippen molar-refractivity contribution in [2.75, 3.05) is 39.6 Å². The number of phosphoric ester groups is 2. The molecule has 0 aromatic rings. The zero-order chi connectivity index (χ0) is 76.2. The second-order valence-electron chi connectivity index (χ2n) is 31.1. The minimum Gasteiger partial charge on any atom is -0.462 e. The fraction of sp³-hybridized carbons (Fsp3) is 0.953. The zero-order valence-corrected chi connectivity index (χ0v) is 70.0. The van der Waals surface area contributed by atoms with Crippen LogP contribution in [0.5, 0.6) is 0 Å². The van der Waals surface area contributed by atoms with Gasteiger partial charge in [0.2, 0.25) is 0 Å². The van der Waals surface area contributed by atoms with E-state index in [9.17, 15) is 43.2 Å². The molecule has 0 heterocycles. The smallest absolute Gasteiger partial charge is 0.462 e. The van der Waals surface area contributed by atoms with Crippen LogP contribution in [0.4, 0.5) is 0 Å². The van der Waals surface area contributed by atoms with Gasteiger partial charge in [0.05, 0.1) is 26.4 Å². The maximum absolute atomic E-state index is 13.1. The Balaban J connectivity index is 5.21. The predicted molar refractivity (Wildman–Crippen MR) is 428 cm³/mol. The molecule has 618 valence electrons. The van der Waals surface area contributed by atoms with Crippen LogP contribution in [0.15, 0.2) is 0 Å². The SMILES string of the molecule is CCCCCCCCCCCCCCCCCCCCCCCCC(=O)O[C@H](COC(=O)CCCCCCCCCCCCCCCCC(C)C)COP(=O)(O)OC[C@@H](O)COP(=O)(O)OC[C@@H](COC(=O)CCCCCCCCCCCC)OC(=O)CCCCCCCCCCCCCCCCC. The lowest BCUT2D eigenvalue weighted by atomic mass is 10.0. The molecule has 3 N–H and O–H groups in total. The Morgan fingerprint density at radius 3 is 0.654 bits per heavy atom. The van der Waals surface area contributed by atoms with E-state index in [2.05, 4.69) is 34.6 Å². The molecule has 0 fully saturated rings. The Kier molecular flexibility index (Phi) is 76.3. The number of aliphatic hydroxyl groups excluding tert-OH is 1. The first kappa shape index (κ1) is 102. The molecule has 17 nitrogen and oxygen atoms in total. The van der Waals surface area contributed by atoms with Crippen LogP contribution in [0.25, 0.3) is 0 Å². The number of aliphatic hydroxyl groups is 1. The summed E-state index contributed by atoms with van der Waals surface area (Å²) in [6.07, 6.45) is 70.8. The Hall–Kier alpha value is -1.94. The van der Waals surface area contributed by atoms with Gasteiger partial charge in [-0.25, -0.2) is 9.13 Å². The number of phosphoric acid groups is 2. The number of rotatable bonds is 85. The van der Waals surface area contributed by atoms with Crippen molar-refractivity contribution < 1.29 is 80.2 Å². The number of hydrogen-bond acceptors (Lipinski definition) is 15. The van der Waals surface area contributed by atoms with E-state index in [0.29, 0.717) is 25.7 Å². The van der Waals surface area contributed by atoms with Crippen LogP contribution >= 0.6 is 15.6 Å². The van der Waals surface area contributed by atoms with E-state index in [1.54, 1.807) is 0 Å². The third-order valence-corrected chi connectivity index (χ3v) is 21.9. The van der Waals surface area contributed by atoms with Crippen molar-refractivity contribution in [3.05, 3.63) is 0 Å². The summed E-state index contributed by atoms with van der Waals surface area (Å²) in [6, 6.07) is 0. The topological polar surface area (TPSA) is 237 Å². The molecule has 0 amide bonds. The summed E-state index contributed by atoms with van der Waals surface area (Å²) >= 11 is 0. The molecule has 0 saturated heterocycles. The van der Waals surface area contributed by atoms with Gasteiger partial charge in [-0.15, -0.1) is 0 Å². The van der Waals surface area contributed by atoms with Crippen molar-refractivity contribution in [1.82, 2.24) is 0 Å². The van der Waals surface area contributed by atoms with Gasteiger partial charge < -0.3 is 33.8 Å². The van der Waals surface area contributed by atoms with Crippen molar-refractivity contribution in [3.63, 3.8) is 0 Å². The quantitative estimate of drug-likeness (QED) is 0.0222. The minimum atomic E-state index is -4.96. The van der Waals surface area contributed by atoms with E-state index >= 15 is 0 Å². The zero-order valence-electron chi connectivity index (χ0n) is 68.2. The molecule has 0 aliphatic rings. The summed E-state index contributed by atoms with van der Waals surface area (Å²) in [5, 5.41) is 10.7. The van der Waals surface area contributed by atoms with Gasteiger partial charge in [-0.05, 0) is 31.6 Å². The lowest BCUT2D eigenvalue weighted by Gasteiger charge is -2.21. The van der Waals surface area contributed by atoms with Gasteiger partial charge in [-0.1, -0.05) is 407 Å². The van der Waals surface area contributed by atoms with Crippen LogP contribution in [0, 0.1) is 5.92 Å². The van der Waals surface area contributed by atoms with Gasteiger partial charge in [0.25, 0.3) is 0 Å². The molecule has 19 heteroatoms. The number of unbranched alkanes of at least 4 members (excludes halogenated alkanes) is 57.